The molecule has 2 aromatic rings. The van der Waals surface area contributed by atoms with Crippen LogP contribution in [-0.2, 0) is 0 Å². The fourth-order valence-corrected chi connectivity index (χ4v) is 4.36. The highest BCUT2D eigenvalue weighted by Gasteiger charge is 2.41. The lowest BCUT2D eigenvalue weighted by Gasteiger charge is -2.38. The lowest BCUT2D eigenvalue weighted by molar-refractivity contribution is -0.385. The summed E-state index contributed by atoms with van der Waals surface area (Å²) < 4.78 is 0. The maximum atomic E-state index is 11.4. The van der Waals surface area contributed by atoms with E-state index >= 15 is 0 Å². The summed E-state index contributed by atoms with van der Waals surface area (Å²) in [7, 11) is 0. The van der Waals surface area contributed by atoms with Crippen LogP contribution in [0.25, 0.3) is 0 Å². The average Bonchev–Trinajstić information content (AvgIpc) is 3.06. The van der Waals surface area contributed by atoms with Gasteiger partial charge < -0.3 is 5.32 Å². The molecular weight excluding hydrogens is 347 g/mol. The second-order valence-corrected chi connectivity index (χ2v) is 6.92. The van der Waals surface area contributed by atoms with Crippen molar-refractivity contribution < 1.29 is 4.92 Å². The Morgan fingerprint density at radius 2 is 1.88 bits per heavy atom. The summed E-state index contributed by atoms with van der Waals surface area (Å²) in [5, 5.41) is 16.1. The van der Waals surface area contributed by atoms with Gasteiger partial charge in [0, 0.05) is 22.6 Å². The van der Waals surface area contributed by atoms with Crippen LogP contribution in [0.15, 0.2) is 48.6 Å². The van der Waals surface area contributed by atoms with Gasteiger partial charge in [-0.1, -0.05) is 53.6 Å². The summed E-state index contributed by atoms with van der Waals surface area (Å²) in [5.74, 6) is 0.284. The Kier molecular flexibility index (Phi) is 3.74. The van der Waals surface area contributed by atoms with Crippen LogP contribution in [0.1, 0.15) is 29.5 Å². The van der Waals surface area contributed by atoms with Crippen LogP contribution in [0.2, 0.25) is 10.0 Å². The Labute approximate surface area is 149 Å². The topological polar surface area (TPSA) is 55.2 Å². The van der Waals surface area contributed by atoms with E-state index in [-0.39, 0.29) is 28.5 Å². The van der Waals surface area contributed by atoms with Gasteiger partial charge in [0.15, 0.2) is 0 Å². The van der Waals surface area contributed by atoms with Crippen LogP contribution < -0.4 is 5.32 Å². The van der Waals surface area contributed by atoms with Crippen molar-refractivity contribution in [2.45, 2.75) is 18.4 Å². The number of nitrogens with zero attached hydrogens (tertiary/aromatic N) is 1. The Balaban J connectivity index is 1.88. The van der Waals surface area contributed by atoms with Gasteiger partial charge in [-0.25, -0.2) is 0 Å². The van der Waals surface area contributed by atoms with E-state index in [2.05, 4.69) is 17.5 Å². The highest BCUT2D eigenvalue weighted by atomic mass is 35.5. The number of benzene rings is 2. The van der Waals surface area contributed by atoms with Crippen molar-refractivity contribution in [3.63, 3.8) is 0 Å². The van der Waals surface area contributed by atoms with E-state index in [1.54, 1.807) is 24.3 Å². The van der Waals surface area contributed by atoms with E-state index in [4.69, 9.17) is 23.2 Å². The summed E-state index contributed by atoms with van der Waals surface area (Å²) in [5.41, 5.74) is 2.57. The third-order valence-electron chi connectivity index (χ3n) is 4.88. The maximum Gasteiger partial charge on any atom is 0.274 e. The number of para-hydroxylation sites is 1. The van der Waals surface area contributed by atoms with Crippen LogP contribution in [0, 0.1) is 16.0 Å². The molecule has 24 heavy (non-hydrogen) atoms. The molecule has 1 aliphatic heterocycles. The molecule has 0 unspecified atom stereocenters. The first-order chi connectivity index (χ1) is 11.6. The van der Waals surface area contributed by atoms with E-state index in [0.29, 0.717) is 15.6 Å². The number of nitro benzene ring substituents is 1. The highest BCUT2D eigenvalue weighted by Crippen LogP contribution is 2.54. The van der Waals surface area contributed by atoms with Gasteiger partial charge >= 0.3 is 0 Å². The smallest absolute Gasteiger partial charge is 0.274 e. The molecule has 122 valence electrons. The van der Waals surface area contributed by atoms with Crippen LogP contribution in [0.3, 0.4) is 0 Å². The lowest BCUT2D eigenvalue weighted by Crippen LogP contribution is -2.30. The summed E-state index contributed by atoms with van der Waals surface area (Å²) in [6.07, 6.45) is 5.09. The standard InChI is InChI=1S/C18H14Cl2N2O2/c19-13-8-9-14(20)18-16(13)10-5-3-6-11(10)17(21-18)12-4-1-2-7-15(12)22(23)24/h1-5,7-11,17,21H,6H2/t10-,11+,17-/m0/s1. The normalized spacial score (nSPS) is 24.2. The van der Waals surface area contributed by atoms with Crippen molar-refractivity contribution in [1.29, 1.82) is 0 Å². The molecule has 1 N–H and O–H groups in total. The fraction of sp³-hybridized carbons (Fsp3) is 0.222. The van der Waals surface area contributed by atoms with Crippen LogP contribution in [-0.4, -0.2) is 4.92 Å². The molecule has 3 atom stereocenters. The van der Waals surface area contributed by atoms with E-state index in [9.17, 15) is 10.1 Å². The number of hydrogen-bond donors (Lipinski definition) is 1. The summed E-state index contributed by atoms with van der Waals surface area (Å²) in [6, 6.07) is 10.3. The van der Waals surface area contributed by atoms with E-state index in [1.807, 2.05) is 12.1 Å². The van der Waals surface area contributed by atoms with Gasteiger partial charge in [0.2, 0.25) is 0 Å². The number of halogens is 2. The first-order valence-electron chi connectivity index (χ1n) is 7.72. The molecule has 0 fully saturated rings. The maximum absolute atomic E-state index is 11.4. The van der Waals surface area contributed by atoms with Crippen LogP contribution in [0.4, 0.5) is 11.4 Å². The molecule has 6 heteroatoms. The second-order valence-electron chi connectivity index (χ2n) is 6.11. The van der Waals surface area contributed by atoms with Gasteiger partial charge in [0.1, 0.15) is 0 Å². The molecule has 1 aliphatic carbocycles. The molecule has 4 nitrogen and oxygen atoms in total. The Hall–Kier alpha value is -2.04. The fourth-order valence-electron chi connectivity index (χ4n) is 3.85. The molecule has 0 aromatic heterocycles. The molecular formula is C18H14Cl2N2O2. The Bertz CT molecular complexity index is 866. The Morgan fingerprint density at radius 3 is 2.67 bits per heavy atom. The van der Waals surface area contributed by atoms with Gasteiger partial charge in [-0.05, 0) is 24.5 Å². The first-order valence-corrected chi connectivity index (χ1v) is 8.48. The number of fused-ring (bicyclic) bond motifs is 3. The van der Waals surface area contributed by atoms with Crippen molar-refractivity contribution in [2.24, 2.45) is 5.92 Å². The summed E-state index contributed by atoms with van der Waals surface area (Å²) in [4.78, 5) is 11.1. The van der Waals surface area contributed by atoms with Gasteiger partial charge in [-0.15, -0.1) is 0 Å². The van der Waals surface area contributed by atoms with Crippen molar-refractivity contribution in [3.05, 3.63) is 79.8 Å². The number of anilines is 1. The van der Waals surface area contributed by atoms with Crippen molar-refractivity contribution >= 4 is 34.6 Å². The van der Waals surface area contributed by atoms with Crippen LogP contribution in [0.5, 0.6) is 0 Å². The minimum Gasteiger partial charge on any atom is -0.376 e. The second kappa shape index (κ2) is 5.80. The van der Waals surface area contributed by atoms with E-state index < -0.39 is 0 Å². The molecule has 0 radical (unpaired) electrons. The van der Waals surface area contributed by atoms with Crippen molar-refractivity contribution in [3.8, 4) is 0 Å². The van der Waals surface area contributed by atoms with Crippen molar-refractivity contribution in [2.75, 3.05) is 5.32 Å². The number of hydrogen-bond acceptors (Lipinski definition) is 3. The first kappa shape index (κ1) is 15.5. The monoisotopic (exact) mass is 360 g/mol. The number of rotatable bonds is 2. The number of nitrogens with one attached hydrogen (secondary N) is 1. The third-order valence-corrected chi connectivity index (χ3v) is 5.53. The van der Waals surface area contributed by atoms with Gasteiger partial charge in [0.25, 0.3) is 5.69 Å². The predicted octanol–water partition coefficient (Wildman–Crippen LogP) is 5.73. The van der Waals surface area contributed by atoms with Gasteiger partial charge in [-0.3, -0.25) is 10.1 Å². The number of nitro groups is 1. The number of allylic oxidation sites excluding steroid dienone is 2. The molecule has 0 saturated heterocycles. The van der Waals surface area contributed by atoms with Gasteiger partial charge in [0.05, 0.1) is 27.2 Å². The van der Waals surface area contributed by atoms with Gasteiger partial charge in [-0.2, -0.15) is 0 Å². The van der Waals surface area contributed by atoms with Crippen molar-refractivity contribution in [1.82, 2.24) is 0 Å². The SMILES string of the molecule is O=[N+]([O-])c1ccccc1[C@H]1Nc2c(Cl)ccc(Cl)c2[C@H]2C=CC[C@H]21. The minimum absolute atomic E-state index is 0.109. The summed E-state index contributed by atoms with van der Waals surface area (Å²) >= 11 is 12.8. The zero-order valence-corrected chi connectivity index (χ0v) is 14.1. The molecule has 2 aliphatic rings. The van der Waals surface area contributed by atoms with E-state index in [0.717, 1.165) is 17.7 Å². The average molecular weight is 361 g/mol. The molecule has 2 aromatic carbocycles. The quantitative estimate of drug-likeness (QED) is 0.422. The Morgan fingerprint density at radius 1 is 1.12 bits per heavy atom. The highest BCUT2D eigenvalue weighted by molar-refractivity contribution is 6.36. The zero-order valence-electron chi connectivity index (χ0n) is 12.6. The van der Waals surface area contributed by atoms with Crippen LogP contribution >= 0.6 is 23.2 Å². The zero-order chi connectivity index (χ0) is 16.8. The molecule has 0 saturated carbocycles. The molecule has 1 heterocycles. The van der Waals surface area contributed by atoms with E-state index in [1.165, 1.54) is 0 Å². The molecule has 0 amide bonds. The summed E-state index contributed by atoms with van der Waals surface area (Å²) in [6.45, 7) is 0. The third kappa shape index (κ3) is 2.29. The molecule has 4 rings (SSSR count). The minimum atomic E-state index is -0.330. The lowest BCUT2D eigenvalue weighted by atomic mass is 9.76. The molecule has 0 bridgehead atoms. The largest absolute Gasteiger partial charge is 0.376 e. The predicted molar refractivity (Wildman–Crippen MR) is 95.9 cm³/mol. The molecule has 0 spiro atoms.